The minimum absolute atomic E-state index is 0.655. The maximum atomic E-state index is 5.25. The van der Waals surface area contributed by atoms with Crippen molar-refractivity contribution in [1.29, 1.82) is 0 Å². The predicted octanol–water partition coefficient (Wildman–Crippen LogP) is 3.29. The fourth-order valence-electron chi connectivity index (χ4n) is 2.86. The Kier molecular flexibility index (Phi) is 9.49. The molecule has 1 aliphatic carbocycles. The number of ether oxygens (including phenoxy) is 1. The lowest BCUT2D eigenvalue weighted by Crippen LogP contribution is -2.42. The van der Waals surface area contributed by atoms with E-state index in [1.165, 1.54) is 38.5 Å². The Labute approximate surface area is 126 Å². The zero-order valence-electron chi connectivity index (χ0n) is 14.2. The highest BCUT2D eigenvalue weighted by Crippen LogP contribution is 2.34. The molecule has 0 radical (unpaired) electrons. The average molecular weight is 284 g/mol. The first-order chi connectivity index (χ1) is 9.69. The van der Waals surface area contributed by atoms with Gasteiger partial charge in [-0.15, -0.1) is 0 Å². The molecule has 0 saturated heterocycles. The zero-order valence-corrected chi connectivity index (χ0v) is 14.2. The molecule has 1 aliphatic rings. The van der Waals surface area contributed by atoms with Gasteiger partial charge in [0.15, 0.2) is 0 Å². The average Bonchev–Trinajstić information content (AvgIpc) is 3.26. The second kappa shape index (κ2) is 10.6. The summed E-state index contributed by atoms with van der Waals surface area (Å²) < 4.78 is 5.25. The van der Waals surface area contributed by atoms with Crippen LogP contribution in [-0.2, 0) is 4.74 Å². The van der Waals surface area contributed by atoms with Crippen LogP contribution in [0.5, 0.6) is 0 Å². The molecule has 2 unspecified atom stereocenters. The van der Waals surface area contributed by atoms with Crippen molar-refractivity contribution in [3.05, 3.63) is 0 Å². The van der Waals surface area contributed by atoms with Crippen LogP contribution in [0.15, 0.2) is 0 Å². The van der Waals surface area contributed by atoms with Crippen LogP contribution in [0, 0.1) is 5.92 Å². The lowest BCUT2D eigenvalue weighted by molar-refractivity contribution is 0.117. The highest BCUT2D eigenvalue weighted by atomic mass is 16.5. The molecule has 1 fully saturated rings. The first kappa shape index (κ1) is 17.9. The molecule has 0 bridgehead atoms. The predicted molar refractivity (Wildman–Crippen MR) is 87.2 cm³/mol. The Morgan fingerprint density at radius 2 is 1.95 bits per heavy atom. The molecule has 3 nitrogen and oxygen atoms in total. The molecule has 1 rings (SSSR count). The summed E-state index contributed by atoms with van der Waals surface area (Å²) in [4.78, 5) is 2.60. The second-order valence-corrected chi connectivity index (χ2v) is 6.46. The first-order valence-electron chi connectivity index (χ1n) is 8.65. The van der Waals surface area contributed by atoms with Gasteiger partial charge >= 0.3 is 0 Å². The first-order valence-corrected chi connectivity index (χ1v) is 8.65. The summed E-state index contributed by atoms with van der Waals surface area (Å²) in [5, 5.41) is 3.68. The summed E-state index contributed by atoms with van der Waals surface area (Å²) in [5.74, 6) is 0.939. The molecule has 120 valence electrons. The van der Waals surface area contributed by atoms with Crippen molar-refractivity contribution in [2.45, 2.75) is 71.4 Å². The van der Waals surface area contributed by atoms with Gasteiger partial charge in [0.2, 0.25) is 0 Å². The van der Waals surface area contributed by atoms with Crippen LogP contribution in [0.3, 0.4) is 0 Å². The van der Waals surface area contributed by atoms with Crippen molar-refractivity contribution in [3.63, 3.8) is 0 Å². The van der Waals surface area contributed by atoms with E-state index in [9.17, 15) is 0 Å². The number of methoxy groups -OCH3 is 1. The lowest BCUT2D eigenvalue weighted by Gasteiger charge is -2.29. The molecule has 1 N–H and O–H groups in total. The highest BCUT2D eigenvalue weighted by Gasteiger charge is 2.31. The maximum absolute atomic E-state index is 5.25. The van der Waals surface area contributed by atoms with Crippen molar-refractivity contribution in [1.82, 2.24) is 10.2 Å². The fraction of sp³-hybridized carbons (Fsp3) is 1.00. The van der Waals surface area contributed by atoms with Gasteiger partial charge in [0.25, 0.3) is 0 Å². The summed E-state index contributed by atoms with van der Waals surface area (Å²) >= 11 is 0. The van der Waals surface area contributed by atoms with E-state index in [1.807, 2.05) is 0 Å². The SMILES string of the molecule is CCCCCC(C)NCCN(CCOC)C(C)C1CC1. The molecule has 0 amide bonds. The van der Waals surface area contributed by atoms with Gasteiger partial charge in [-0.1, -0.05) is 26.2 Å². The normalized spacial score (nSPS) is 18.4. The van der Waals surface area contributed by atoms with Gasteiger partial charge in [-0.05, 0) is 39.0 Å². The third-order valence-corrected chi connectivity index (χ3v) is 4.60. The van der Waals surface area contributed by atoms with Crippen molar-refractivity contribution in [2.75, 3.05) is 33.4 Å². The van der Waals surface area contributed by atoms with Crippen molar-refractivity contribution in [3.8, 4) is 0 Å². The highest BCUT2D eigenvalue weighted by molar-refractivity contribution is 4.85. The zero-order chi connectivity index (χ0) is 14.8. The van der Waals surface area contributed by atoms with Crippen molar-refractivity contribution in [2.24, 2.45) is 5.92 Å². The number of hydrogen-bond donors (Lipinski definition) is 1. The van der Waals surface area contributed by atoms with Gasteiger partial charge in [0.1, 0.15) is 0 Å². The van der Waals surface area contributed by atoms with Crippen LogP contribution in [0.4, 0.5) is 0 Å². The van der Waals surface area contributed by atoms with Gasteiger partial charge < -0.3 is 10.1 Å². The number of hydrogen-bond acceptors (Lipinski definition) is 3. The fourth-order valence-corrected chi connectivity index (χ4v) is 2.86. The standard InChI is InChI=1S/C17H36N2O/c1-5-6-7-8-15(2)18-11-12-19(13-14-20-4)16(3)17-9-10-17/h15-18H,5-14H2,1-4H3. The van der Waals surface area contributed by atoms with Crippen LogP contribution in [0.1, 0.15) is 59.3 Å². The van der Waals surface area contributed by atoms with Gasteiger partial charge in [-0.25, -0.2) is 0 Å². The lowest BCUT2D eigenvalue weighted by atomic mass is 10.1. The summed E-state index contributed by atoms with van der Waals surface area (Å²) in [5.41, 5.74) is 0. The van der Waals surface area contributed by atoms with Crippen LogP contribution in [0.25, 0.3) is 0 Å². The van der Waals surface area contributed by atoms with E-state index in [4.69, 9.17) is 4.74 Å². The van der Waals surface area contributed by atoms with E-state index >= 15 is 0 Å². The molecule has 1 saturated carbocycles. The van der Waals surface area contributed by atoms with Crippen molar-refractivity contribution < 1.29 is 4.74 Å². The second-order valence-electron chi connectivity index (χ2n) is 6.46. The minimum Gasteiger partial charge on any atom is -0.383 e. The maximum Gasteiger partial charge on any atom is 0.0589 e. The third kappa shape index (κ3) is 7.61. The Morgan fingerprint density at radius 1 is 1.20 bits per heavy atom. The molecule has 0 aromatic heterocycles. The van der Waals surface area contributed by atoms with E-state index in [0.717, 1.165) is 38.2 Å². The minimum atomic E-state index is 0.655. The van der Waals surface area contributed by atoms with Crippen LogP contribution in [0.2, 0.25) is 0 Å². The number of nitrogens with zero attached hydrogens (tertiary/aromatic N) is 1. The van der Waals surface area contributed by atoms with E-state index in [2.05, 4.69) is 31.0 Å². The Morgan fingerprint density at radius 3 is 2.55 bits per heavy atom. The quantitative estimate of drug-likeness (QED) is 0.525. The summed E-state index contributed by atoms with van der Waals surface area (Å²) in [6.07, 6.45) is 8.19. The molecular formula is C17H36N2O. The molecule has 0 aromatic carbocycles. The van der Waals surface area contributed by atoms with E-state index in [-0.39, 0.29) is 0 Å². The topological polar surface area (TPSA) is 24.5 Å². The molecule has 0 aromatic rings. The summed E-state index contributed by atoms with van der Waals surface area (Å²) in [7, 11) is 1.80. The number of unbranched alkanes of at least 4 members (excludes halogenated alkanes) is 2. The molecule has 20 heavy (non-hydrogen) atoms. The van der Waals surface area contributed by atoms with E-state index in [0.29, 0.717) is 6.04 Å². The van der Waals surface area contributed by atoms with Crippen LogP contribution < -0.4 is 5.32 Å². The Balaban J connectivity index is 2.16. The summed E-state index contributed by atoms with van der Waals surface area (Å²) in [6, 6.07) is 1.38. The van der Waals surface area contributed by atoms with Crippen LogP contribution in [-0.4, -0.2) is 50.3 Å². The largest absolute Gasteiger partial charge is 0.383 e. The number of nitrogens with one attached hydrogen (secondary N) is 1. The molecule has 0 spiro atoms. The number of rotatable bonds is 13. The van der Waals surface area contributed by atoms with Gasteiger partial charge in [0, 0.05) is 38.8 Å². The van der Waals surface area contributed by atoms with Gasteiger partial charge in [-0.3, -0.25) is 4.90 Å². The summed E-state index contributed by atoms with van der Waals surface area (Å²) in [6.45, 7) is 11.2. The molecular weight excluding hydrogens is 248 g/mol. The van der Waals surface area contributed by atoms with E-state index in [1.54, 1.807) is 7.11 Å². The Hall–Kier alpha value is -0.120. The Bertz CT molecular complexity index is 231. The monoisotopic (exact) mass is 284 g/mol. The van der Waals surface area contributed by atoms with Gasteiger partial charge in [0.05, 0.1) is 6.61 Å². The van der Waals surface area contributed by atoms with Gasteiger partial charge in [-0.2, -0.15) is 0 Å². The molecule has 0 aliphatic heterocycles. The van der Waals surface area contributed by atoms with E-state index < -0.39 is 0 Å². The smallest absolute Gasteiger partial charge is 0.0589 e. The molecule has 2 atom stereocenters. The molecule has 0 heterocycles. The van der Waals surface area contributed by atoms with Crippen LogP contribution >= 0.6 is 0 Å². The third-order valence-electron chi connectivity index (χ3n) is 4.60. The molecule has 3 heteroatoms. The van der Waals surface area contributed by atoms with Crippen molar-refractivity contribution >= 4 is 0 Å².